The lowest BCUT2D eigenvalue weighted by Crippen LogP contribution is -3.16. The lowest BCUT2D eigenvalue weighted by atomic mass is 9.83. The molecule has 2 bridgehead atoms. The van der Waals surface area contributed by atoms with Crippen LogP contribution in [-0.2, 0) is 9.53 Å². The minimum atomic E-state index is -4.94. The molecule has 0 atom stereocenters. The Labute approximate surface area is 101 Å². The Morgan fingerprint density at radius 1 is 1.12 bits per heavy atom. The molecule has 0 aromatic carbocycles. The van der Waals surface area contributed by atoms with E-state index in [4.69, 9.17) is 23.4 Å². The van der Waals surface area contributed by atoms with Gasteiger partial charge in [-0.2, -0.15) is 0 Å². The summed E-state index contributed by atoms with van der Waals surface area (Å²) in [5.74, 6) is -0.111. The summed E-state index contributed by atoms with van der Waals surface area (Å²) in [6.07, 6.45) is 3.21. The fourth-order valence-corrected chi connectivity index (χ4v) is 2.42. The molecule has 7 nitrogen and oxygen atoms in total. The van der Waals surface area contributed by atoms with Crippen molar-refractivity contribution in [2.45, 2.75) is 31.8 Å². The van der Waals surface area contributed by atoms with Gasteiger partial charge in [-0.1, -0.05) is 0 Å². The van der Waals surface area contributed by atoms with Crippen LogP contribution >= 0.6 is 0 Å². The zero-order valence-electron chi connectivity index (χ0n) is 9.57. The number of carbonyl (C=O) groups excluding carboxylic acids is 1. The summed E-state index contributed by atoms with van der Waals surface area (Å²) in [7, 11) is -4.94. The number of hydrogen-bond donors (Lipinski definition) is 1. The van der Waals surface area contributed by atoms with Crippen LogP contribution in [0.15, 0.2) is 0 Å². The molecule has 3 fully saturated rings. The molecule has 3 rings (SSSR count). The van der Waals surface area contributed by atoms with Gasteiger partial charge in [0, 0.05) is 26.2 Å². The van der Waals surface area contributed by atoms with Crippen LogP contribution in [0, 0.1) is 10.2 Å². The topological polar surface area (TPSA) is 123 Å². The van der Waals surface area contributed by atoms with E-state index >= 15 is 0 Å². The number of esters is 1. The Morgan fingerprint density at radius 2 is 1.47 bits per heavy atom. The minimum Gasteiger partial charge on any atom is -0.459 e. The highest BCUT2D eigenvalue weighted by Gasteiger charge is 2.44. The van der Waals surface area contributed by atoms with Crippen LogP contribution in [0.25, 0.3) is 0 Å². The number of ether oxygens (including phenoxy) is 1. The summed E-state index contributed by atoms with van der Waals surface area (Å²) in [5, 5.41) is 0. The van der Waals surface area contributed by atoms with Crippen molar-refractivity contribution in [1.29, 1.82) is 0 Å². The first-order valence-electron chi connectivity index (χ1n) is 5.35. The summed E-state index contributed by atoms with van der Waals surface area (Å²) in [6.45, 7) is 5.08. The van der Waals surface area contributed by atoms with Crippen LogP contribution in [0.3, 0.4) is 0 Å². The van der Waals surface area contributed by atoms with Gasteiger partial charge in [-0.05, 0) is 0 Å². The third-order valence-electron chi connectivity index (χ3n) is 3.16. The molecule has 17 heavy (non-hydrogen) atoms. The van der Waals surface area contributed by atoms with E-state index in [0.29, 0.717) is 0 Å². The van der Waals surface area contributed by atoms with Gasteiger partial charge >= 0.3 is 5.97 Å². The zero-order valence-corrected chi connectivity index (χ0v) is 10.3. The lowest BCUT2D eigenvalue weighted by molar-refractivity contribution is -2.00. The molecular formula is C9H16ClNO6. The summed E-state index contributed by atoms with van der Waals surface area (Å²) < 4.78 is 39.4. The second-order valence-electron chi connectivity index (χ2n) is 4.40. The first-order valence-corrected chi connectivity index (χ1v) is 6.59. The molecule has 0 spiro atoms. The van der Waals surface area contributed by atoms with E-state index in [1.165, 1.54) is 26.6 Å². The molecular weight excluding hydrogens is 254 g/mol. The Kier molecular flexibility index (Phi) is 4.70. The average Bonchev–Trinajstić information content (AvgIpc) is 2.15. The van der Waals surface area contributed by atoms with Crippen molar-refractivity contribution in [3.63, 3.8) is 0 Å². The molecule has 100 valence electrons. The van der Waals surface area contributed by atoms with E-state index in [1.807, 2.05) is 0 Å². The molecule has 0 saturated carbocycles. The van der Waals surface area contributed by atoms with Crippen molar-refractivity contribution in [3.05, 3.63) is 0 Å². The van der Waals surface area contributed by atoms with Crippen LogP contribution in [0.2, 0.25) is 0 Å². The standard InChI is InChI=1S/C9H15NO2.ClHO4/c1-8(11)12-9-2-5-10(6-3-9)7-4-9;2-1(3,4)5/h2-7H2,1H3;(H,2,3,4,5). The maximum absolute atomic E-state index is 10.9. The minimum absolute atomic E-state index is 0.0619. The van der Waals surface area contributed by atoms with Crippen LogP contribution in [0.1, 0.15) is 26.2 Å². The molecule has 0 aromatic rings. The van der Waals surface area contributed by atoms with Crippen LogP contribution in [-0.4, -0.2) is 31.2 Å². The first-order chi connectivity index (χ1) is 7.70. The number of fused-ring (bicyclic) bond motifs is 3. The van der Waals surface area contributed by atoms with Crippen LogP contribution in [0.5, 0.6) is 0 Å². The average molecular weight is 270 g/mol. The molecule has 3 saturated heterocycles. The number of piperidine rings is 3. The molecule has 1 N–H and O–H groups in total. The molecule has 8 heteroatoms. The van der Waals surface area contributed by atoms with E-state index < -0.39 is 10.2 Å². The van der Waals surface area contributed by atoms with Gasteiger partial charge in [0.25, 0.3) is 0 Å². The van der Waals surface area contributed by atoms with Crippen molar-refractivity contribution in [3.8, 4) is 0 Å². The quantitative estimate of drug-likeness (QED) is 0.474. The molecule has 0 aliphatic carbocycles. The highest BCUT2D eigenvalue weighted by molar-refractivity contribution is 5.66. The Hall–Kier alpha value is -0.440. The predicted octanol–water partition coefficient (Wildman–Crippen LogP) is -5.39. The van der Waals surface area contributed by atoms with Gasteiger partial charge in [0.15, 0.2) is 0 Å². The maximum atomic E-state index is 10.9. The number of nitrogens with one attached hydrogen (secondary N) is 1. The van der Waals surface area contributed by atoms with E-state index in [0.717, 1.165) is 19.3 Å². The molecule has 3 aliphatic rings. The third-order valence-corrected chi connectivity index (χ3v) is 3.16. The van der Waals surface area contributed by atoms with Crippen LogP contribution in [0.4, 0.5) is 0 Å². The van der Waals surface area contributed by atoms with E-state index in [9.17, 15) is 4.79 Å². The lowest BCUT2D eigenvalue weighted by Gasteiger charge is -2.44. The third kappa shape index (κ3) is 5.62. The number of halogens is 1. The van der Waals surface area contributed by atoms with Crippen molar-refractivity contribution in [2.24, 2.45) is 0 Å². The van der Waals surface area contributed by atoms with Crippen LogP contribution < -0.4 is 23.5 Å². The fraction of sp³-hybridized carbons (Fsp3) is 0.889. The van der Waals surface area contributed by atoms with Crippen molar-refractivity contribution in [2.75, 3.05) is 19.6 Å². The predicted molar refractivity (Wildman–Crippen MR) is 43.9 cm³/mol. The van der Waals surface area contributed by atoms with Gasteiger partial charge in [0.2, 0.25) is 0 Å². The Morgan fingerprint density at radius 3 is 1.76 bits per heavy atom. The SMILES string of the molecule is CC(=O)OC12CC[NH+](CC1)CC2.[O-][Cl+3]([O-])([O-])[O-]. The van der Waals surface area contributed by atoms with Gasteiger partial charge in [0.1, 0.15) is 5.60 Å². The molecule has 0 amide bonds. The molecule has 3 aliphatic heterocycles. The summed E-state index contributed by atoms with van der Waals surface area (Å²) in [6, 6.07) is 0. The first kappa shape index (κ1) is 14.6. The molecule has 0 aromatic heterocycles. The largest absolute Gasteiger partial charge is 0.459 e. The highest BCUT2D eigenvalue weighted by Crippen LogP contribution is 2.28. The highest BCUT2D eigenvalue weighted by atomic mass is 35.7. The number of quaternary nitrogens is 1. The summed E-state index contributed by atoms with van der Waals surface area (Å²) in [5.41, 5.74) is -0.0619. The van der Waals surface area contributed by atoms with Crippen molar-refractivity contribution >= 4 is 5.97 Å². The Bertz CT molecular complexity index is 251. The van der Waals surface area contributed by atoms with Gasteiger partial charge in [-0.15, -0.1) is 10.2 Å². The second kappa shape index (κ2) is 5.47. The molecule has 0 unspecified atom stereocenters. The zero-order chi connectivity index (χ0) is 13.1. The number of hydrogen-bond acceptors (Lipinski definition) is 6. The van der Waals surface area contributed by atoms with E-state index in [-0.39, 0.29) is 11.6 Å². The van der Waals surface area contributed by atoms with Gasteiger partial charge < -0.3 is 9.64 Å². The maximum Gasteiger partial charge on any atom is 0.303 e. The number of carbonyl (C=O) groups is 1. The van der Waals surface area contributed by atoms with Gasteiger partial charge in [0.05, 0.1) is 19.6 Å². The van der Waals surface area contributed by atoms with Crippen molar-refractivity contribution in [1.82, 2.24) is 0 Å². The monoisotopic (exact) mass is 269 g/mol. The molecule has 3 heterocycles. The Balaban J connectivity index is 0.000000249. The van der Waals surface area contributed by atoms with Gasteiger partial charge in [-0.25, -0.2) is 18.6 Å². The summed E-state index contributed by atoms with van der Waals surface area (Å²) >= 11 is 0. The number of rotatable bonds is 1. The molecule has 0 radical (unpaired) electrons. The fourth-order valence-electron chi connectivity index (χ4n) is 2.42. The smallest absolute Gasteiger partial charge is 0.303 e. The van der Waals surface area contributed by atoms with E-state index in [2.05, 4.69) is 0 Å². The summed E-state index contributed by atoms with van der Waals surface area (Å²) in [4.78, 5) is 12.5. The van der Waals surface area contributed by atoms with Gasteiger partial charge in [-0.3, -0.25) is 4.79 Å². The van der Waals surface area contributed by atoms with E-state index in [1.54, 1.807) is 4.90 Å². The van der Waals surface area contributed by atoms with Crippen molar-refractivity contribution < 1.29 is 43.3 Å². The second-order valence-corrected chi connectivity index (χ2v) is 5.16. The normalized spacial score (nSPS) is 31.5.